The number of rotatable bonds is 2. The van der Waals surface area contributed by atoms with E-state index >= 15 is 0 Å². The lowest BCUT2D eigenvalue weighted by Gasteiger charge is -2.33. The number of benzene rings is 2. The summed E-state index contributed by atoms with van der Waals surface area (Å²) in [6.45, 7) is 9.09. The van der Waals surface area contributed by atoms with Crippen molar-refractivity contribution in [1.29, 1.82) is 0 Å². The highest BCUT2D eigenvalue weighted by atomic mass is 32.2. The molecule has 0 fully saturated rings. The van der Waals surface area contributed by atoms with E-state index in [1.807, 2.05) is 11.8 Å². The van der Waals surface area contributed by atoms with Crippen LogP contribution in [0.4, 0.5) is 5.69 Å². The van der Waals surface area contributed by atoms with Crippen molar-refractivity contribution >= 4 is 36.0 Å². The first-order valence-electron chi connectivity index (χ1n) is 7.49. The molecule has 1 aliphatic heterocycles. The van der Waals surface area contributed by atoms with Crippen LogP contribution < -0.4 is 16.3 Å². The molecule has 2 N–H and O–H groups in total. The predicted molar refractivity (Wildman–Crippen MR) is 96.8 cm³/mol. The second kappa shape index (κ2) is 5.66. The summed E-state index contributed by atoms with van der Waals surface area (Å²) < 4.78 is 0. The molecule has 0 amide bonds. The first-order valence-corrected chi connectivity index (χ1v) is 9.72. The van der Waals surface area contributed by atoms with Gasteiger partial charge in [-0.3, -0.25) is 0 Å². The van der Waals surface area contributed by atoms with E-state index in [1.54, 1.807) is 0 Å². The van der Waals surface area contributed by atoms with E-state index in [-0.39, 0.29) is 7.92 Å². The van der Waals surface area contributed by atoms with E-state index in [2.05, 4.69) is 64.1 Å². The maximum absolute atomic E-state index is 6.59. The van der Waals surface area contributed by atoms with Gasteiger partial charge >= 0.3 is 0 Å². The van der Waals surface area contributed by atoms with Crippen molar-refractivity contribution in [2.75, 3.05) is 5.73 Å². The average Bonchev–Trinajstić information content (AvgIpc) is 2.44. The Balaban J connectivity index is 2.24. The van der Waals surface area contributed by atoms with Crippen LogP contribution in [0.25, 0.3) is 0 Å². The third kappa shape index (κ3) is 2.49. The van der Waals surface area contributed by atoms with Crippen LogP contribution in [0.5, 0.6) is 0 Å². The van der Waals surface area contributed by atoms with Gasteiger partial charge in [-0.15, -0.1) is 0 Å². The minimum absolute atomic E-state index is 0.370. The van der Waals surface area contributed by atoms with Crippen molar-refractivity contribution in [1.82, 2.24) is 0 Å². The number of nitrogens with two attached hydrogens (primary N) is 1. The molecule has 3 heteroatoms. The normalized spacial score (nSPS) is 17.0. The van der Waals surface area contributed by atoms with Gasteiger partial charge in [0.25, 0.3) is 0 Å². The minimum Gasteiger partial charge on any atom is -0.398 e. The van der Waals surface area contributed by atoms with Gasteiger partial charge in [-0.1, -0.05) is 63.7 Å². The van der Waals surface area contributed by atoms with Gasteiger partial charge in [0.15, 0.2) is 0 Å². The third-order valence-electron chi connectivity index (χ3n) is 3.94. The lowest BCUT2D eigenvalue weighted by atomic mass is 10.0. The second-order valence-corrected chi connectivity index (χ2v) is 9.89. The number of anilines is 1. The SMILES string of the molecule is CC(C)c1ccc2c(c1N)P(C(C)C)c1ccccc1S2. The molecule has 0 spiro atoms. The number of fused-ring (bicyclic) bond motifs is 2. The van der Waals surface area contributed by atoms with Gasteiger partial charge in [0.05, 0.1) is 0 Å². The van der Waals surface area contributed by atoms with Crippen molar-refractivity contribution in [2.45, 2.75) is 49.1 Å². The van der Waals surface area contributed by atoms with Crippen molar-refractivity contribution in [2.24, 2.45) is 0 Å². The quantitative estimate of drug-likeness (QED) is 0.642. The largest absolute Gasteiger partial charge is 0.398 e. The Bertz CT molecular complexity index is 679. The Morgan fingerprint density at radius 3 is 2.33 bits per heavy atom. The Kier molecular flexibility index (Phi) is 4.03. The molecule has 0 saturated heterocycles. The fraction of sp³-hybridized carbons (Fsp3) is 0.333. The molecule has 1 heterocycles. The summed E-state index contributed by atoms with van der Waals surface area (Å²) in [6, 6.07) is 13.3. The first kappa shape index (κ1) is 14.9. The number of hydrogen-bond donors (Lipinski definition) is 1. The van der Waals surface area contributed by atoms with Gasteiger partial charge < -0.3 is 5.73 Å². The molecule has 21 heavy (non-hydrogen) atoms. The van der Waals surface area contributed by atoms with Crippen LogP contribution in [-0.2, 0) is 0 Å². The smallest absolute Gasteiger partial charge is 0.0442 e. The summed E-state index contributed by atoms with van der Waals surface area (Å²) in [7, 11) is -0.370. The first-order chi connectivity index (χ1) is 10.0. The number of hydrogen-bond acceptors (Lipinski definition) is 2. The van der Waals surface area contributed by atoms with Gasteiger partial charge in [0.2, 0.25) is 0 Å². The highest BCUT2D eigenvalue weighted by Crippen LogP contribution is 2.51. The molecule has 1 unspecified atom stereocenters. The average molecular weight is 315 g/mol. The lowest BCUT2D eigenvalue weighted by Crippen LogP contribution is -2.27. The zero-order valence-electron chi connectivity index (χ0n) is 13.1. The summed E-state index contributed by atoms with van der Waals surface area (Å²) in [5, 5.41) is 2.91. The molecule has 110 valence electrons. The van der Waals surface area contributed by atoms with Gasteiger partial charge in [0.1, 0.15) is 0 Å². The Labute approximate surface area is 133 Å². The zero-order valence-corrected chi connectivity index (χ0v) is 14.8. The molecule has 0 aliphatic carbocycles. The highest BCUT2D eigenvalue weighted by molar-refractivity contribution is 8.01. The molecule has 2 aromatic carbocycles. The minimum atomic E-state index is -0.370. The standard InChI is InChI=1S/C18H22NPS/c1-11(2)13-9-10-16-18(17(13)19)20(12(3)4)14-7-5-6-8-15(14)21-16/h5-12H,19H2,1-4H3. The van der Waals surface area contributed by atoms with E-state index in [0.717, 1.165) is 5.69 Å². The third-order valence-corrected chi connectivity index (χ3v) is 8.28. The van der Waals surface area contributed by atoms with E-state index in [1.165, 1.54) is 26.0 Å². The van der Waals surface area contributed by atoms with E-state index < -0.39 is 0 Å². The Hall–Kier alpha value is -0.980. The molecule has 2 aromatic rings. The zero-order chi connectivity index (χ0) is 15.1. The van der Waals surface area contributed by atoms with Crippen LogP contribution in [0.3, 0.4) is 0 Å². The molecular formula is C18H22NPS. The second-order valence-electron chi connectivity index (χ2n) is 6.10. The highest BCUT2D eigenvalue weighted by Gasteiger charge is 2.30. The van der Waals surface area contributed by atoms with Crippen LogP contribution in [0.1, 0.15) is 39.2 Å². The summed E-state index contributed by atoms with van der Waals surface area (Å²) in [6.07, 6.45) is 0. The molecule has 0 saturated carbocycles. The van der Waals surface area contributed by atoms with Crippen molar-refractivity contribution in [3.63, 3.8) is 0 Å². The molecule has 1 aliphatic rings. The molecule has 3 rings (SSSR count). The Morgan fingerprint density at radius 2 is 1.67 bits per heavy atom. The topological polar surface area (TPSA) is 26.0 Å². The van der Waals surface area contributed by atoms with Crippen LogP contribution in [0.15, 0.2) is 46.2 Å². The van der Waals surface area contributed by atoms with E-state index in [4.69, 9.17) is 5.73 Å². The summed E-state index contributed by atoms with van der Waals surface area (Å²) >= 11 is 1.87. The van der Waals surface area contributed by atoms with Gasteiger partial charge in [-0.05, 0) is 42.5 Å². The predicted octanol–water partition coefficient (Wildman–Crippen LogP) is 4.70. The molecule has 0 bridgehead atoms. The fourth-order valence-corrected chi connectivity index (χ4v) is 7.29. The van der Waals surface area contributed by atoms with Gasteiger partial charge in [0, 0.05) is 20.8 Å². The maximum Gasteiger partial charge on any atom is 0.0442 e. The number of nitrogen functional groups attached to an aromatic ring is 1. The monoisotopic (exact) mass is 315 g/mol. The molecule has 1 nitrogen and oxygen atoms in total. The van der Waals surface area contributed by atoms with E-state index in [9.17, 15) is 0 Å². The van der Waals surface area contributed by atoms with Crippen LogP contribution in [0.2, 0.25) is 0 Å². The Morgan fingerprint density at radius 1 is 0.952 bits per heavy atom. The molecular weight excluding hydrogens is 293 g/mol. The van der Waals surface area contributed by atoms with Gasteiger partial charge in [-0.25, -0.2) is 0 Å². The maximum atomic E-state index is 6.59. The molecule has 0 radical (unpaired) electrons. The van der Waals surface area contributed by atoms with Crippen LogP contribution in [0, 0.1) is 0 Å². The molecule has 0 aromatic heterocycles. The fourth-order valence-electron chi connectivity index (χ4n) is 2.96. The van der Waals surface area contributed by atoms with Crippen molar-refractivity contribution < 1.29 is 0 Å². The van der Waals surface area contributed by atoms with Crippen molar-refractivity contribution in [3.8, 4) is 0 Å². The van der Waals surface area contributed by atoms with Gasteiger partial charge in [-0.2, -0.15) is 0 Å². The summed E-state index contributed by atoms with van der Waals surface area (Å²) in [5.41, 5.74) is 9.52. The lowest BCUT2D eigenvalue weighted by molar-refractivity contribution is 0.869. The van der Waals surface area contributed by atoms with Crippen molar-refractivity contribution in [3.05, 3.63) is 42.0 Å². The molecule has 1 atom stereocenters. The summed E-state index contributed by atoms with van der Waals surface area (Å²) in [5.74, 6) is 0.474. The van der Waals surface area contributed by atoms with Crippen LogP contribution >= 0.6 is 19.7 Å². The van der Waals surface area contributed by atoms with E-state index in [0.29, 0.717) is 11.6 Å². The van der Waals surface area contributed by atoms with Crippen LogP contribution in [-0.4, -0.2) is 5.66 Å². The summed E-state index contributed by atoms with van der Waals surface area (Å²) in [4.78, 5) is 2.76.